The molecule has 1 aromatic carbocycles. The number of fused-ring (bicyclic) bond motifs is 1. The lowest BCUT2D eigenvalue weighted by molar-refractivity contribution is 0.519. The summed E-state index contributed by atoms with van der Waals surface area (Å²) in [6, 6.07) is 9.22. The Morgan fingerprint density at radius 2 is 2.06 bits per heavy atom. The fourth-order valence-electron chi connectivity index (χ4n) is 2.77. The predicted molar refractivity (Wildman–Crippen MR) is 69.6 cm³/mol. The first-order valence-corrected chi connectivity index (χ1v) is 6.56. The third-order valence-electron chi connectivity index (χ3n) is 3.78. The van der Waals surface area contributed by atoms with Crippen LogP contribution in [0.1, 0.15) is 37.2 Å². The molecule has 1 saturated heterocycles. The van der Waals surface area contributed by atoms with E-state index in [1.54, 1.807) is 0 Å². The highest BCUT2D eigenvalue weighted by atomic mass is 15.5. The molecule has 2 fully saturated rings. The van der Waals surface area contributed by atoms with Crippen LogP contribution in [0, 0.1) is 0 Å². The standard InChI is InChI=1S/C13H17N5/c14-12-7-10(16-17-12)13-15-9-3-1-2-4-11(9)18(13)8-5-6-8/h1-4,8,10,12,16-17H,5-7,14H2. The number of benzene rings is 1. The van der Waals surface area contributed by atoms with E-state index < -0.39 is 0 Å². The van der Waals surface area contributed by atoms with Gasteiger partial charge in [-0.1, -0.05) is 12.1 Å². The van der Waals surface area contributed by atoms with Crippen molar-refractivity contribution in [2.45, 2.75) is 37.5 Å². The molecule has 0 amide bonds. The van der Waals surface area contributed by atoms with Crippen LogP contribution >= 0.6 is 0 Å². The third kappa shape index (κ3) is 1.55. The quantitative estimate of drug-likeness (QED) is 0.741. The molecule has 1 aliphatic carbocycles. The maximum Gasteiger partial charge on any atom is 0.128 e. The van der Waals surface area contributed by atoms with E-state index in [0.29, 0.717) is 6.04 Å². The Hall–Kier alpha value is -1.43. The number of nitrogens with zero attached hydrogens (tertiary/aromatic N) is 2. The van der Waals surface area contributed by atoms with Gasteiger partial charge in [-0.2, -0.15) is 0 Å². The number of hydrogen-bond acceptors (Lipinski definition) is 4. The molecule has 2 heterocycles. The Labute approximate surface area is 105 Å². The summed E-state index contributed by atoms with van der Waals surface area (Å²) in [5, 5.41) is 0. The number of imidazole rings is 1. The molecule has 2 aromatic rings. The van der Waals surface area contributed by atoms with Gasteiger partial charge in [-0.3, -0.25) is 0 Å². The van der Waals surface area contributed by atoms with E-state index in [9.17, 15) is 0 Å². The van der Waals surface area contributed by atoms with Gasteiger partial charge >= 0.3 is 0 Å². The van der Waals surface area contributed by atoms with Crippen LogP contribution in [0.5, 0.6) is 0 Å². The number of hydrazine groups is 1. The summed E-state index contributed by atoms with van der Waals surface area (Å²) in [5.74, 6) is 1.12. The second-order valence-electron chi connectivity index (χ2n) is 5.24. The number of nitrogens with one attached hydrogen (secondary N) is 2. The van der Waals surface area contributed by atoms with Gasteiger partial charge in [-0.25, -0.2) is 15.8 Å². The lowest BCUT2D eigenvalue weighted by atomic mass is 10.2. The summed E-state index contributed by atoms with van der Waals surface area (Å²) >= 11 is 0. The highest BCUT2D eigenvalue weighted by Crippen LogP contribution is 2.40. The number of para-hydroxylation sites is 2. The molecule has 4 rings (SSSR count). The summed E-state index contributed by atoms with van der Waals surface area (Å²) in [4.78, 5) is 4.80. The van der Waals surface area contributed by atoms with E-state index in [1.807, 2.05) is 6.07 Å². The van der Waals surface area contributed by atoms with Crippen LogP contribution < -0.4 is 16.6 Å². The maximum absolute atomic E-state index is 5.89. The molecule has 0 radical (unpaired) electrons. The van der Waals surface area contributed by atoms with Crippen molar-refractivity contribution in [3.8, 4) is 0 Å². The summed E-state index contributed by atoms with van der Waals surface area (Å²) in [7, 11) is 0. The molecule has 1 saturated carbocycles. The SMILES string of the molecule is NC1CC(c2nc3ccccc3n2C2CC2)NN1. The van der Waals surface area contributed by atoms with Crippen molar-refractivity contribution in [1.29, 1.82) is 0 Å². The molecule has 94 valence electrons. The molecule has 0 spiro atoms. The Balaban J connectivity index is 1.85. The Kier molecular flexibility index (Phi) is 2.20. The van der Waals surface area contributed by atoms with Gasteiger partial charge in [-0.05, 0) is 25.0 Å². The Bertz CT molecular complexity index is 586. The van der Waals surface area contributed by atoms with Crippen LogP contribution in [0.2, 0.25) is 0 Å². The summed E-state index contributed by atoms with van der Waals surface area (Å²) in [6.45, 7) is 0. The van der Waals surface area contributed by atoms with Crippen LogP contribution in [-0.4, -0.2) is 15.7 Å². The van der Waals surface area contributed by atoms with Gasteiger partial charge in [0.15, 0.2) is 0 Å². The van der Waals surface area contributed by atoms with Gasteiger partial charge in [0.25, 0.3) is 0 Å². The van der Waals surface area contributed by atoms with Crippen LogP contribution in [0.25, 0.3) is 11.0 Å². The average molecular weight is 243 g/mol. The number of hydrogen-bond donors (Lipinski definition) is 3. The second kappa shape index (κ2) is 3.78. The number of rotatable bonds is 2. The molecule has 5 heteroatoms. The van der Waals surface area contributed by atoms with Gasteiger partial charge in [0.2, 0.25) is 0 Å². The fraction of sp³-hybridized carbons (Fsp3) is 0.462. The van der Waals surface area contributed by atoms with E-state index in [0.717, 1.165) is 17.8 Å². The molecular formula is C13H17N5. The van der Waals surface area contributed by atoms with Crippen molar-refractivity contribution in [2.75, 3.05) is 0 Å². The first kappa shape index (κ1) is 10.5. The van der Waals surface area contributed by atoms with Gasteiger partial charge in [0.1, 0.15) is 5.82 Å². The number of nitrogens with two attached hydrogens (primary N) is 1. The molecule has 1 aromatic heterocycles. The fourth-order valence-corrected chi connectivity index (χ4v) is 2.77. The van der Waals surface area contributed by atoms with E-state index in [-0.39, 0.29) is 12.2 Å². The molecular weight excluding hydrogens is 226 g/mol. The lowest BCUT2D eigenvalue weighted by Gasteiger charge is -2.12. The topological polar surface area (TPSA) is 67.9 Å². The minimum Gasteiger partial charge on any atom is -0.323 e. The van der Waals surface area contributed by atoms with Gasteiger partial charge < -0.3 is 10.3 Å². The minimum atomic E-state index is 0.0162. The highest BCUT2D eigenvalue weighted by Gasteiger charge is 2.33. The van der Waals surface area contributed by atoms with E-state index in [2.05, 4.69) is 33.6 Å². The smallest absolute Gasteiger partial charge is 0.128 e. The average Bonchev–Trinajstić information content (AvgIpc) is 3.00. The molecule has 5 nitrogen and oxygen atoms in total. The normalized spacial score (nSPS) is 28.1. The van der Waals surface area contributed by atoms with E-state index >= 15 is 0 Å². The molecule has 2 atom stereocenters. The van der Waals surface area contributed by atoms with Crippen molar-refractivity contribution in [3.63, 3.8) is 0 Å². The van der Waals surface area contributed by atoms with Crippen LogP contribution in [-0.2, 0) is 0 Å². The van der Waals surface area contributed by atoms with Gasteiger partial charge in [0.05, 0.1) is 23.2 Å². The van der Waals surface area contributed by atoms with Crippen molar-refractivity contribution in [3.05, 3.63) is 30.1 Å². The molecule has 2 unspecified atom stereocenters. The van der Waals surface area contributed by atoms with E-state index in [1.165, 1.54) is 18.4 Å². The number of aromatic nitrogens is 2. The van der Waals surface area contributed by atoms with Crippen LogP contribution in [0.3, 0.4) is 0 Å². The molecule has 1 aliphatic heterocycles. The molecule has 2 aliphatic rings. The zero-order valence-corrected chi connectivity index (χ0v) is 10.1. The van der Waals surface area contributed by atoms with Crippen molar-refractivity contribution in [1.82, 2.24) is 20.4 Å². The van der Waals surface area contributed by atoms with Crippen molar-refractivity contribution < 1.29 is 0 Å². The monoisotopic (exact) mass is 243 g/mol. The molecule has 0 bridgehead atoms. The summed E-state index contributed by atoms with van der Waals surface area (Å²) in [5.41, 5.74) is 14.5. The Morgan fingerprint density at radius 3 is 2.78 bits per heavy atom. The maximum atomic E-state index is 5.89. The molecule has 4 N–H and O–H groups in total. The van der Waals surface area contributed by atoms with Crippen LogP contribution in [0.15, 0.2) is 24.3 Å². The lowest BCUT2D eigenvalue weighted by Crippen LogP contribution is -2.36. The highest BCUT2D eigenvalue weighted by molar-refractivity contribution is 5.76. The minimum absolute atomic E-state index is 0.0162. The third-order valence-corrected chi connectivity index (χ3v) is 3.78. The largest absolute Gasteiger partial charge is 0.323 e. The first-order valence-electron chi connectivity index (χ1n) is 6.56. The van der Waals surface area contributed by atoms with Crippen molar-refractivity contribution >= 4 is 11.0 Å². The summed E-state index contributed by atoms with van der Waals surface area (Å²) in [6.07, 6.45) is 3.43. The second-order valence-corrected chi connectivity index (χ2v) is 5.24. The van der Waals surface area contributed by atoms with Gasteiger partial charge in [0, 0.05) is 12.5 Å². The van der Waals surface area contributed by atoms with Gasteiger partial charge in [-0.15, -0.1) is 0 Å². The Morgan fingerprint density at radius 1 is 1.22 bits per heavy atom. The predicted octanol–water partition coefficient (Wildman–Crippen LogP) is 1.19. The van der Waals surface area contributed by atoms with Crippen molar-refractivity contribution in [2.24, 2.45) is 5.73 Å². The zero-order chi connectivity index (χ0) is 12.1. The first-order chi connectivity index (χ1) is 8.83. The summed E-state index contributed by atoms with van der Waals surface area (Å²) < 4.78 is 2.40. The van der Waals surface area contributed by atoms with Crippen LogP contribution in [0.4, 0.5) is 0 Å². The van der Waals surface area contributed by atoms with E-state index in [4.69, 9.17) is 10.7 Å². The molecule has 18 heavy (non-hydrogen) atoms. The zero-order valence-electron chi connectivity index (χ0n) is 10.1.